The predicted molar refractivity (Wildman–Crippen MR) is 127 cm³/mol. The van der Waals surface area contributed by atoms with Gasteiger partial charge in [0.1, 0.15) is 5.75 Å². The number of aryl methyl sites for hydroxylation is 1. The van der Waals surface area contributed by atoms with E-state index in [0.29, 0.717) is 39.3 Å². The Morgan fingerprint density at radius 2 is 1.82 bits per heavy atom. The molecule has 1 saturated heterocycles. The molecule has 178 valence electrons. The monoisotopic (exact) mass is 473 g/mol. The van der Waals surface area contributed by atoms with Crippen molar-refractivity contribution in [3.05, 3.63) is 59.7 Å². The van der Waals surface area contributed by atoms with Gasteiger partial charge in [-0.2, -0.15) is 9.41 Å². The summed E-state index contributed by atoms with van der Waals surface area (Å²) >= 11 is 0. The van der Waals surface area contributed by atoms with Crippen molar-refractivity contribution in [2.75, 3.05) is 32.9 Å². The smallest absolute Gasteiger partial charge is 0.243 e. The van der Waals surface area contributed by atoms with Gasteiger partial charge >= 0.3 is 0 Å². The highest BCUT2D eigenvalue weighted by molar-refractivity contribution is 7.89. The van der Waals surface area contributed by atoms with E-state index in [2.05, 4.69) is 17.5 Å². The van der Waals surface area contributed by atoms with Gasteiger partial charge in [0.05, 0.1) is 30.9 Å². The number of hydrazone groups is 1. The van der Waals surface area contributed by atoms with Crippen molar-refractivity contribution in [1.29, 1.82) is 0 Å². The zero-order valence-corrected chi connectivity index (χ0v) is 19.7. The number of nitrogens with zero attached hydrogens (tertiary/aromatic N) is 2. The summed E-state index contributed by atoms with van der Waals surface area (Å²) in [6, 6.07) is 14.2. The van der Waals surface area contributed by atoms with Crippen molar-refractivity contribution in [2.24, 2.45) is 5.10 Å². The Morgan fingerprint density at radius 3 is 2.48 bits per heavy atom. The zero-order chi connectivity index (χ0) is 23.5. The third-order valence-electron chi connectivity index (χ3n) is 5.22. The molecular formula is C24H31N3O5S. The average Bonchev–Trinajstić information content (AvgIpc) is 2.85. The summed E-state index contributed by atoms with van der Waals surface area (Å²) in [6.07, 6.45) is 4.43. The third-order valence-corrected chi connectivity index (χ3v) is 7.13. The Balaban J connectivity index is 1.43. The van der Waals surface area contributed by atoms with E-state index in [9.17, 15) is 13.2 Å². The molecule has 1 aliphatic heterocycles. The summed E-state index contributed by atoms with van der Waals surface area (Å²) in [5, 5.41) is 4.00. The SMILES string of the molecule is CCCCOc1ccc(/C=N/NC(=O)CCc2ccc(S(=O)(=O)N3CCOCC3)cc2)cc1. The number of ether oxygens (including phenoxy) is 2. The summed E-state index contributed by atoms with van der Waals surface area (Å²) in [4.78, 5) is 12.3. The molecule has 1 fully saturated rings. The number of morpholine rings is 1. The maximum Gasteiger partial charge on any atom is 0.243 e. The first-order valence-electron chi connectivity index (χ1n) is 11.2. The lowest BCUT2D eigenvalue weighted by atomic mass is 10.1. The van der Waals surface area contributed by atoms with E-state index in [-0.39, 0.29) is 17.2 Å². The van der Waals surface area contributed by atoms with Crippen LogP contribution in [-0.4, -0.2) is 57.8 Å². The summed E-state index contributed by atoms with van der Waals surface area (Å²) in [5.41, 5.74) is 4.26. The van der Waals surface area contributed by atoms with Crippen molar-refractivity contribution in [1.82, 2.24) is 9.73 Å². The number of amides is 1. The van der Waals surface area contributed by atoms with Crippen molar-refractivity contribution < 1.29 is 22.7 Å². The normalized spacial score (nSPS) is 14.9. The van der Waals surface area contributed by atoms with Crippen LogP contribution in [0.2, 0.25) is 0 Å². The van der Waals surface area contributed by atoms with Crippen LogP contribution >= 0.6 is 0 Å². The molecule has 0 spiro atoms. The van der Waals surface area contributed by atoms with Gasteiger partial charge in [0.15, 0.2) is 0 Å². The number of carbonyl (C=O) groups excluding carboxylic acids is 1. The van der Waals surface area contributed by atoms with Crippen LogP contribution in [0.25, 0.3) is 0 Å². The lowest BCUT2D eigenvalue weighted by Gasteiger charge is -2.26. The molecule has 2 aromatic carbocycles. The predicted octanol–water partition coefficient (Wildman–Crippen LogP) is 2.97. The van der Waals surface area contributed by atoms with E-state index in [0.717, 1.165) is 29.7 Å². The van der Waals surface area contributed by atoms with Crippen molar-refractivity contribution >= 4 is 22.1 Å². The first-order valence-corrected chi connectivity index (χ1v) is 12.6. The van der Waals surface area contributed by atoms with E-state index in [1.165, 1.54) is 4.31 Å². The minimum Gasteiger partial charge on any atom is -0.494 e. The fourth-order valence-corrected chi connectivity index (χ4v) is 4.65. The minimum atomic E-state index is -3.51. The van der Waals surface area contributed by atoms with Gasteiger partial charge in [-0.3, -0.25) is 4.79 Å². The highest BCUT2D eigenvalue weighted by Gasteiger charge is 2.26. The van der Waals surface area contributed by atoms with Crippen LogP contribution in [-0.2, 0) is 26.0 Å². The van der Waals surface area contributed by atoms with E-state index >= 15 is 0 Å². The largest absolute Gasteiger partial charge is 0.494 e. The van der Waals surface area contributed by atoms with Crippen molar-refractivity contribution in [3.8, 4) is 5.75 Å². The van der Waals surface area contributed by atoms with Crippen molar-refractivity contribution in [2.45, 2.75) is 37.5 Å². The van der Waals surface area contributed by atoms with Gasteiger partial charge in [-0.25, -0.2) is 13.8 Å². The number of sulfonamides is 1. The highest BCUT2D eigenvalue weighted by atomic mass is 32.2. The Kier molecular flexibility index (Phi) is 9.41. The summed E-state index contributed by atoms with van der Waals surface area (Å²) in [6.45, 7) is 4.37. The molecule has 0 aromatic heterocycles. The van der Waals surface area contributed by atoms with Crippen LogP contribution in [0.1, 0.15) is 37.3 Å². The molecule has 1 heterocycles. The Morgan fingerprint density at radius 1 is 1.12 bits per heavy atom. The van der Waals surface area contributed by atoms with Gasteiger partial charge in [0.25, 0.3) is 0 Å². The Hall–Kier alpha value is -2.75. The molecule has 3 rings (SSSR count). The quantitative estimate of drug-likeness (QED) is 0.307. The third kappa shape index (κ3) is 7.66. The number of rotatable bonds is 11. The fourth-order valence-electron chi connectivity index (χ4n) is 3.24. The lowest BCUT2D eigenvalue weighted by molar-refractivity contribution is -0.121. The average molecular weight is 474 g/mol. The molecule has 1 aliphatic rings. The molecule has 8 nitrogen and oxygen atoms in total. The van der Waals surface area contributed by atoms with E-state index in [1.807, 2.05) is 24.3 Å². The molecule has 0 atom stereocenters. The van der Waals surface area contributed by atoms with Crippen LogP contribution in [0.3, 0.4) is 0 Å². The van der Waals surface area contributed by atoms with Gasteiger partial charge in [0.2, 0.25) is 15.9 Å². The van der Waals surface area contributed by atoms with Crippen LogP contribution < -0.4 is 10.2 Å². The van der Waals surface area contributed by atoms with Gasteiger partial charge in [-0.05, 0) is 60.4 Å². The number of hydrogen-bond acceptors (Lipinski definition) is 6. The first-order chi connectivity index (χ1) is 16.0. The molecule has 1 amide bonds. The van der Waals surface area contributed by atoms with Gasteiger partial charge in [-0.15, -0.1) is 0 Å². The van der Waals surface area contributed by atoms with Gasteiger partial charge in [-0.1, -0.05) is 25.5 Å². The summed E-state index contributed by atoms with van der Waals surface area (Å²) in [7, 11) is -3.51. The minimum absolute atomic E-state index is 0.212. The summed E-state index contributed by atoms with van der Waals surface area (Å²) < 4.78 is 37.6. The number of benzene rings is 2. The molecular weight excluding hydrogens is 442 g/mol. The van der Waals surface area contributed by atoms with Crippen LogP contribution in [0.15, 0.2) is 58.5 Å². The molecule has 2 aromatic rings. The second-order valence-electron chi connectivity index (χ2n) is 7.72. The number of hydrogen-bond donors (Lipinski definition) is 1. The molecule has 33 heavy (non-hydrogen) atoms. The molecule has 0 saturated carbocycles. The molecule has 0 unspecified atom stereocenters. The molecule has 0 bridgehead atoms. The van der Waals surface area contributed by atoms with Crippen LogP contribution in [0.4, 0.5) is 0 Å². The Bertz CT molecular complexity index is 1020. The highest BCUT2D eigenvalue weighted by Crippen LogP contribution is 2.18. The maximum atomic E-state index is 12.7. The van der Waals surface area contributed by atoms with E-state index < -0.39 is 10.0 Å². The summed E-state index contributed by atoms with van der Waals surface area (Å²) in [5.74, 6) is 0.601. The number of carbonyl (C=O) groups is 1. The standard InChI is InChI=1S/C24H31N3O5S/c1-2-3-16-32-22-9-4-21(5-10-22)19-25-26-24(28)13-8-20-6-11-23(12-7-20)33(29,30)27-14-17-31-18-15-27/h4-7,9-12,19H,2-3,8,13-18H2,1H3,(H,26,28)/b25-19+. The molecule has 1 N–H and O–H groups in total. The first kappa shape index (κ1) is 24.9. The van der Waals surface area contributed by atoms with E-state index in [4.69, 9.17) is 9.47 Å². The molecule has 9 heteroatoms. The zero-order valence-electron chi connectivity index (χ0n) is 18.9. The maximum absolute atomic E-state index is 12.7. The topological polar surface area (TPSA) is 97.3 Å². The fraction of sp³-hybridized carbons (Fsp3) is 0.417. The second-order valence-corrected chi connectivity index (χ2v) is 9.66. The van der Waals surface area contributed by atoms with Crippen molar-refractivity contribution in [3.63, 3.8) is 0 Å². The molecule has 0 radical (unpaired) electrons. The second kappa shape index (κ2) is 12.5. The van der Waals surface area contributed by atoms with E-state index in [1.54, 1.807) is 30.5 Å². The lowest BCUT2D eigenvalue weighted by Crippen LogP contribution is -2.40. The number of unbranched alkanes of at least 4 members (excludes halogenated alkanes) is 1. The van der Waals surface area contributed by atoms with Crippen LogP contribution in [0.5, 0.6) is 5.75 Å². The number of nitrogens with one attached hydrogen (secondary N) is 1. The Labute approximate surface area is 195 Å². The van der Waals surface area contributed by atoms with Crippen LogP contribution in [0, 0.1) is 0 Å². The molecule has 0 aliphatic carbocycles. The van der Waals surface area contributed by atoms with Gasteiger partial charge < -0.3 is 9.47 Å². The van der Waals surface area contributed by atoms with Gasteiger partial charge in [0, 0.05) is 19.5 Å².